The second-order valence-corrected chi connectivity index (χ2v) is 8.74. The molecule has 0 aliphatic heterocycles. The second kappa shape index (κ2) is 9.87. The molecular weight excluding hydrogens is 358 g/mol. The van der Waals surface area contributed by atoms with Crippen molar-refractivity contribution in [1.29, 1.82) is 0 Å². The third-order valence-corrected chi connectivity index (χ3v) is 5.26. The summed E-state index contributed by atoms with van der Waals surface area (Å²) < 4.78 is 0. The third kappa shape index (κ3) is 5.56. The lowest BCUT2D eigenvalue weighted by atomic mass is 9.83. The van der Waals surface area contributed by atoms with Crippen molar-refractivity contribution in [3.63, 3.8) is 0 Å². The van der Waals surface area contributed by atoms with E-state index in [1.807, 2.05) is 32.9 Å². The van der Waals surface area contributed by atoms with E-state index >= 15 is 0 Å². The van der Waals surface area contributed by atoms with Crippen molar-refractivity contribution in [1.82, 2.24) is 0 Å². The smallest absolute Gasteiger partial charge is 0.235 e. The number of rotatable bonds is 8. The average Bonchev–Trinajstić information content (AvgIpc) is 2.63. The Balaban J connectivity index is 2.54. The van der Waals surface area contributed by atoms with Gasteiger partial charge in [0.1, 0.15) is 0 Å². The van der Waals surface area contributed by atoms with Crippen LogP contribution in [0.1, 0.15) is 75.9 Å². The molecule has 0 bridgehead atoms. The highest BCUT2D eigenvalue weighted by Crippen LogP contribution is 2.35. The van der Waals surface area contributed by atoms with Crippen LogP contribution in [0, 0.1) is 12.8 Å². The molecule has 1 aromatic carbocycles. The minimum Gasteiger partial charge on any atom is -0.370 e. The maximum absolute atomic E-state index is 13.1. The van der Waals surface area contributed by atoms with Gasteiger partial charge in [-0.05, 0) is 70.6 Å². The van der Waals surface area contributed by atoms with Gasteiger partial charge in [-0.3, -0.25) is 9.59 Å². The summed E-state index contributed by atoms with van der Waals surface area (Å²) in [5, 5.41) is 0. The molecule has 29 heavy (non-hydrogen) atoms. The number of benzene rings is 1. The third-order valence-electron chi connectivity index (χ3n) is 5.26. The van der Waals surface area contributed by atoms with Crippen LogP contribution in [0.4, 0.5) is 5.69 Å². The molecule has 0 fully saturated rings. The molecule has 0 saturated heterocycles. The van der Waals surface area contributed by atoms with E-state index in [0.717, 1.165) is 42.7 Å². The van der Waals surface area contributed by atoms with Crippen LogP contribution in [-0.4, -0.2) is 24.7 Å². The number of carbonyl (C=O) groups is 2. The van der Waals surface area contributed by atoms with E-state index in [1.54, 1.807) is 0 Å². The first-order valence-electron chi connectivity index (χ1n) is 10.6. The molecule has 2 rings (SSSR count). The van der Waals surface area contributed by atoms with E-state index in [-0.39, 0.29) is 17.5 Å². The number of nitrogens with zero attached hydrogens (tertiary/aromatic N) is 1. The van der Waals surface area contributed by atoms with Gasteiger partial charge in [0.05, 0.1) is 11.3 Å². The van der Waals surface area contributed by atoms with Crippen molar-refractivity contribution in [2.24, 2.45) is 5.92 Å². The van der Waals surface area contributed by atoms with Gasteiger partial charge in [0.25, 0.3) is 0 Å². The van der Waals surface area contributed by atoms with Crippen LogP contribution < -0.4 is 4.90 Å². The lowest BCUT2D eigenvalue weighted by Gasteiger charge is -2.30. The van der Waals surface area contributed by atoms with Crippen LogP contribution >= 0.6 is 0 Å². The number of Topliss-reactive ketones (excluding diaryl/α,β-unsaturated/α-hetero) is 2. The number of hydrogen-bond acceptors (Lipinski definition) is 3. The summed E-state index contributed by atoms with van der Waals surface area (Å²) in [5.41, 5.74) is 6.60. The predicted octanol–water partition coefficient (Wildman–Crippen LogP) is 6.32. The number of hydrogen-bond donors (Lipinski definition) is 0. The first-order valence-corrected chi connectivity index (χ1v) is 10.6. The number of carbonyl (C=O) groups excluding carboxylic acids is 2. The predicted molar refractivity (Wildman–Crippen MR) is 124 cm³/mol. The number of ketones is 2. The Bertz CT molecular complexity index is 854. The SMILES string of the molecule is CC(C)=CCCN(CCC=C(C)C)c1c(C)ccc2c1C(=O)C(=O)C(C(C)C)=C2. The number of aryl methyl sites for hydroxylation is 1. The van der Waals surface area contributed by atoms with E-state index in [4.69, 9.17) is 0 Å². The minimum absolute atomic E-state index is 0.0378. The fraction of sp³-hybridized carbons (Fsp3) is 0.462. The maximum Gasteiger partial charge on any atom is 0.235 e. The van der Waals surface area contributed by atoms with Gasteiger partial charge in [0.2, 0.25) is 11.6 Å². The summed E-state index contributed by atoms with van der Waals surface area (Å²) in [4.78, 5) is 28.2. The minimum atomic E-state index is -0.362. The van der Waals surface area contributed by atoms with Gasteiger partial charge in [-0.15, -0.1) is 0 Å². The summed E-state index contributed by atoms with van der Waals surface area (Å²) in [7, 11) is 0. The van der Waals surface area contributed by atoms with Crippen LogP contribution in [0.2, 0.25) is 0 Å². The summed E-state index contributed by atoms with van der Waals surface area (Å²) in [5.74, 6) is -0.678. The number of fused-ring (bicyclic) bond motifs is 1. The Morgan fingerprint density at radius 3 is 1.97 bits per heavy atom. The van der Waals surface area contributed by atoms with Gasteiger partial charge in [-0.25, -0.2) is 0 Å². The Kier molecular flexibility index (Phi) is 7.78. The molecule has 3 heteroatoms. The second-order valence-electron chi connectivity index (χ2n) is 8.74. The molecule has 0 unspecified atom stereocenters. The zero-order valence-corrected chi connectivity index (χ0v) is 19.1. The van der Waals surface area contributed by atoms with Crippen molar-refractivity contribution in [2.45, 2.75) is 61.3 Å². The Labute approximate surface area is 176 Å². The first-order chi connectivity index (χ1) is 13.6. The molecule has 156 valence electrons. The van der Waals surface area contributed by atoms with Gasteiger partial charge in [-0.1, -0.05) is 49.3 Å². The molecule has 0 saturated carbocycles. The van der Waals surface area contributed by atoms with Crippen LogP contribution in [0.15, 0.2) is 41.0 Å². The standard InChI is InChI=1S/C26H35NO2/c1-17(2)10-8-14-27(15-9-11-18(3)4)24-20(7)12-13-21-16-22(19(5)6)25(28)26(29)23(21)24/h10-13,16,19H,8-9,14-15H2,1-7H3. The number of anilines is 1. The topological polar surface area (TPSA) is 37.4 Å². The monoisotopic (exact) mass is 393 g/mol. The lowest BCUT2D eigenvalue weighted by molar-refractivity contribution is -0.112. The van der Waals surface area contributed by atoms with E-state index in [0.29, 0.717) is 11.1 Å². The van der Waals surface area contributed by atoms with Crippen LogP contribution in [0.25, 0.3) is 6.08 Å². The molecule has 1 aliphatic rings. The summed E-state index contributed by atoms with van der Waals surface area (Å²) >= 11 is 0. The van der Waals surface area contributed by atoms with E-state index in [2.05, 4.69) is 50.8 Å². The van der Waals surface area contributed by atoms with Crippen LogP contribution in [0.5, 0.6) is 0 Å². The van der Waals surface area contributed by atoms with Crippen LogP contribution in [-0.2, 0) is 4.79 Å². The van der Waals surface area contributed by atoms with Gasteiger partial charge in [-0.2, -0.15) is 0 Å². The van der Waals surface area contributed by atoms with Gasteiger partial charge in [0.15, 0.2) is 0 Å². The maximum atomic E-state index is 13.1. The molecule has 0 radical (unpaired) electrons. The summed E-state index contributed by atoms with van der Waals surface area (Å²) in [6.07, 6.45) is 8.19. The highest BCUT2D eigenvalue weighted by molar-refractivity contribution is 6.52. The Morgan fingerprint density at radius 1 is 0.931 bits per heavy atom. The molecule has 0 N–H and O–H groups in total. The molecule has 1 aliphatic carbocycles. The molecule has 3 nitrogen and oxygen atoms in total. The van der Waals surface area contributed by atoms with Gasteiger partial charge in [0, 0.05) is 18.7 Å². The highest BCUT2D eigenvalue weighted by Gasteiger charge is 2.32. The number of allylic oxidation sites excluding steroid dienone is 3. The zero-order valence-electron chi connectivity index (χ0n) is 19.1. The van der Waals surface area contributed by atoms with E-state index in [9.17, 15) is 9.59 Å². The van der Waals surface area contributed by atoms with Crippen molar-refractivity contribution in [3.05, 3.63) is 57.7 Å². The molecule has 0 aromatic heterocycles. The molecule has 0 amide bonds. The van der Waals surface area contributed by atoms with Gasteiger partial charge < -0.3 is 4.90 Å². The van der Waals surface area contributed by atoms with Crippen LogP contribution in [0.3, 0.4) is 0 Å². The first kappa shape index (κ1) is 22.9. The normalized spacial score (nSPS) is 13.2. The molecule has 1 aromatic rings. The molecule has 0 spiro atoms. The van der Waals surface area contributed by atoms with E-state index in [1.165, 1.54) is 11.1 Å². The van der Waals surface area contributed by atoms with Crippen molar-refractivity contribution < 1.29 is 9.59 Å². The Hall–Kier alpha value is -2.42. The molecule has 0 heterocycles. The fourth-order valence-electron chi connectivity index (χ4n) is 3.74. The summed E-state index contributed by atoms with van der Waals surface area (Å²) in [6, 6.07) is 4.05. The van der Waals surface area contributed by atoms with E-state index < -0.39 is 0 Å². The summed E-state index contributed by atoms with van der Waals surface area (Å²) in [6.45, 7) is 16.0. The fourth-order valence-corrected chi connectivity index (χ4v) is 3.74. The van der Waals surface area contributed by atoms with Crippen molar-refractivity contribution in [2.75, 3.05) is 18.0 Å². The van der Waals surface area contributed by atoms with Crippen molar-refractivity contribution >= 4 is 23.3 Å². The largest absolute Gasteiger partial charge is 0.370 e. The van der Waals surface area contributed by atoms with Gasteiger partial charge >= 0.3 is 0 Å². The zero-order chi connectivity index (χ0) is 21.7. The van der Waals surface area contributed by atoms with Crippen molar-refractivity contribution in [3.8, 4) is 0 Å². The lowest BCUT2D eigenvalue weighted by Crippen LogP contribution is -2.31. The quantitative estimate of drug-likeness (QED) is 0.383. The highest BCUT2D eigenvalue weighted by atomic mass is 16.2. The Morgan fingerprint density at radius 2 is 1.48 bits per heavy atom. The average molecular weight is 394 g/mol. The molecular formula is C26H35NO2. The molecule has 0 atom stereocenters.